The molecule has 1 saturated heterocycles. The third-order valence-electron chi connectivity index (χ3n) is 3.98. The smallest absolute Gasteiger partial charge is 0.327 e. The average molecular weight is 380 g/mol. The maximum Gasteiger partial charge on any atom is 0.327 e. The van der Waals surface area contributed by atoms with Gasteiger partial charge in [-0.2, -0.15) is 0 Å². The molecule has 2 aromatic carbocycles. The van der Waals surface area contributed by atoms with Crippen LogP contribution in [-0.4, -0.2) is 33.7 Å². The molecule has 3 rings (SSSR count). The Morgan fingerprint density at radius 3 is 2.60 bits per heavy atom. The fourth-order valence-corrected chi connectivity index (χ4v) is 4.42. The lowest BCUT2D eigenvalue weighted by Crippen LogP contribution is -2.43. The lowest BCUT2D eigenvalue weighted by molar-refractivity contribution is -0.148. The number of hydrogen-bond acceptors (Lipinski definition) is 3. The van der Waals surface area contributed by atoms with Crippen LogP contribution in [0.3, 0.4) is 0 Å². The SMILES string of the molecule is O=C(O)C1CSC(c2cccc(Cl)c2)N1C(=O)Cc1ccc(F)cc1. The first-order valence-corrected chi connectivity index (χ1v) is 9.04. The number of nitrogens with zero attached hydrogens (tertiary/aromatic N) is 1. The summed E-state index contributed by atoms with van der Waals surface area (Å²) >= 11 is 7.43. The van der Waals surface area contributed by atoms with Gasteiger partial charge in [0.05, 0.1) is 6.42 Å². The number of carboxylic acids is 1. The van der Waals surface area contributed by atoms with Gasteiger partial charge in [-0.05, 0) is 35.4 Å². The molecule has 1 fully saturated rings. The van der Waals surface area contributed by atoms with Crippen LogP contribution < -0.4 is 0 Å². The first-order valence-electron chi connectivity index (χ1n) is 7.61. The van der Waals surface area contributed by atoms with Gasteiger partial charge in [0.15, 0.2) is 0 Å². The Morgan fingerprint density at radius 2 is 1.96 bits per heavy atom. The van der Waals surface area contributed by atoms with Gasteiger partial charge in [0, 0.05) is 10.8 Å². The van der Waals surface area contributed by atoms with Gasteiger partial charge in [0.2, 0.25) is 5.91 Å². The van der Waals surface area contributed by atoms with E-state index in [2.05, 4.69) is 0 Å². The molecule has 0 saturated carbocycles. The third kappa shape index (κ3) is 3.96. The summed E-state index contributed by atoms with van der Waals surface area (Å²) in [6, 6.07) is 11.8. The predicted molar refractivity (Wildman–Crippen MR) is 95.0 cm³/mol. The van der Waals surface area contributed by atoms with Crippen molar-refractivity contribution in [3.8, 4) is 0 Å². The molecule has 2 atom stereocenters. The van der Waals surface area contributed by atoms with Crippen molar-refractivity contribution in [1.29, 1.82) is 0 Å². The van der Waals surface area contributed by atoms with Crippen LogP contribution >= 0.6 is 23.4 Å². The number of halogens is 2. The van der Waals surface area contributed by atoms with Crippen LogP contribution in [0.25, 0.3) is 0 Å². The highest BCUT2D eigenvalue weighted by molar-refractivity contribution is 7.99. The Hall–Kier alpha value is -2.05. The fraction of sp³-hybridized carbons (Fsp3) is 0.222. The van der Waals surface area contributed by atoms with E-state index in [-0.39, 0.29) is 18.1 Å². The number of amides is 1. The lowest BCUT2D eigenvalue weighted by Gasteiger charge is -2.28. The molecule has 0 aliphatic carbocycles. The van der Waals surface area contributed by atoms with E-state index < -0.39 is 17.4 Å². The average Bonchev–Trinajstić information content (AvgIpc) is 3.02. The van der Waals surface area contributed by atoms with Gasteiger partial charge in [-0.25, -0.2) is 9.18 Å². The van der Waals surface area contributed by atoms with E-state index in [0.717, 1.165) is 5.56 Å². The van der Waals surface area contributed by atoms with Crippen LogP contribution in [0.15, 0.2) is 48.5 Å². The molecule has 2 aromatic rings. The van der Waals surface area contributed by atoms with Gasteiger partial charge in [-0.1, -0.05) is 35.9 Å². The van der Waals surface area contributed by atoms with Crippen molar-refractivity contribution < 1.29 is 19.1 Å². The number of benzene rings is 2. The molecule has 1 N–H and O–H groups in total. The van der Waals surface area contributed by atoms with Crippen molar-refractivity contribution in [3.05, 3.63) is 70.5 Å². The Kier molecular flexibility index (Phi) is 5.30. The van der Waals surface area contributed by atoms with Crippen molar-refractivity contribution in [2.45, 2.75) is 17.8 Å². The largest absolute Gasteiger partial charge is 0.480 e. The van der Waals surface area contributed by atoms with Gasteiger partial charge in [-0.15, -0.1) is 11.8 Å². The number of thioether (sulfide) groups is 1. The molecule has 130 valence electrons. The number of carboxylic acid groups (broad SMARTS) is 1. The van der Waals surface area contributed by atoms with E-state index in [4.69, 9.17) is 11.6 Å². The van der Waals surface area contributed by atoms with Crippen LogP contribution in [-0.2, 0) is 16.0 Å². The van der Waals surface area contributed by atoms with Crippen molar-refractivity contribution in [1.82, 2.24) is 4.90 Å². The molecule has 1 aliphatic heterocycles. The minimum Gasteiger partial charge on any atom is -0.480 e. The quantitative estimate of drug-likeness (QED) is 0.879. The molecule has 1 aliphatic rings. The fourth-order valence-electron chi connectivity index (χ4n) is 2.79. The molecular formula is C18H15ClFNO3S. The minimum absolute atomic E-state index is 0.0156. The van der Waals surface area contributed by atoms with E-state index in [1.807, 2.05) is 6.07 Å². The second-order valence-corrected chi connectivity index (χ2v) is 7.25. The zero-order valence-corrected chi connectivity index (χ0v) is 14.6. The number of carbonyl (C=O) groups is 2. The molecule has 0 spiro atoms. The summed E-state index contributed by atoms with van der Waals surface area (Å²) in [5, 5.41) is 9.59. The van der Waals surface area contributed by atoms with Gasteiger partial charge in [0.1, 0.15) is 17.2 Å². The predicted octanol–water partition coefficient (Wildman–Crippen LogP) is 3.75. The molecule has 0 bridgehead atoms. The van der Waals surface area contributed by atoms with E-state index in [1.54, 1.807) is 18.2 Å². The minimum atomic E-state index is -1.04. The van der Waals surface area contributed by atoms with Crippen LogP contribution in [0, 0.1) is 5.82 Å². The number of hydrogen-bond donors (Lipinski definition) is 1. The van der Waals surface area contributed by atoms with Crippen molar-refractivity contribution in [2.75, 3.05) is 5.75 Å². The summed E-state index contributed by atoms with van der Waals surface area (Å²) in [6.45, 7) is 0. The van der Waals surface area contributed by atoms with Gasteiger partial charge >= 0.3 is 5.97 Å². The number of rotatable bonds is 4. The molecule has 2 unspecified atom stereocenters. The van der Waals surface area contributed by atoms with Gasteiger partial charge < -0.3 is 10.0 Å². The Balaban J connectivity index is 1.87. The number of carbonyl (C=O) groups excluding carboxylic acids is 1. The maximum absolute atomic E-state index is 13.0. The first-order chi connectivity index (χ1) is 12.0. The second-order valence-electron chi connectivity index (χ2n) is 5.70. The topological polar surface area (TPSA) is 57.6 Å². The van der Waals surface area contributed by atoms with Crippen molar-refractivity contribution in [3.63, 3.8) is 0 Å². The molecular weight excluding hydrogens is 365 g/mol. The maximum atomic E-state index is 13.0. The lowest BCUT2D eigenvalue weighted by atomic mass is 10.1. The molecule has 4 nitrogen and oxygen atoms in total. The van der Waals surface area contributed by atoms with E-state index in [0.29, 0.717) is 16.3 Å². The van der Waals surface area contributed by atoms with E-state index in [1.165, 1.54) is 40.9 Å². The Labute approximate surface area is 153 Å². The Morgan fingerprint density at radius 1 is 1.24 bits per heavy atom. The molecule has 1 heterocycles. The molecule has 1 amide bonds. The normalized spacial score (nSPS) is 19.8. The van der Waals surface area contributed by atoms with Gasteiger partial charge in [0.25, 0.3) is 0 Å². The van der Waals surface area contributed by atoms with Crippen molar-refractivity contribution in [2.24, 2.45) is 0 Å². The highest BCUT2D eigenvalue weighted by Crippen LogP contribution is 2.42. The summed E-state index contributed by atoms with van der Waals surface area (Å²) in [6.07, 6.45) is 0.0156. The van der Waals surface area contributed by atoms with Gasteiger partial charge in [-0.3, -0.25) is 4.79 Å². The first kappa shape index (κ1) is 17.8. The third-order valence-corrected chi connectivity index (χ3v) is 5.53. The van der Waals surface area contributed by atoms with Crippen LogP contribution in [0.1, 0.15) is 16.5 Å². The summed E-state index contributed by atoms with van der Waals surface area (Å²) < 4.78 is 13.0. The van der Waals surface area contributed by atoms with E-state index in [9.17, 15) is 19.1 Å². The Bertz CT molecular complexity index is 799. The zero-order valence-electron chi connectivity index (χ0n) is 13.1. The second kappa shape index (κ2) is 7.45. The van der Waals surface area contributed by atoms with Crippen LogP contribution in [0.2, 0.25) is 5.02 Å². The molecule has 0 radical (unpaired) electrons. The van der Waals surface area contributed by atoms with Crippen LogP contribution in [0.5, 0.6) is 0 Å². The monoisotopic (exact) mass is 379 g/mol. The highest BCUT2D eigenvalue weighted by atomic mass is 35.5. The summed E-state index contributed by atoms with van der Waals surface area (Å²) in [5.41, 5.74) is 1.42. The molecule has 7 heteroatoms. The molecule has 25 heavy (non-hydrogen) atoms. The highest BCUT2D eigenvalue weighted by Gasteiger charge is 2.42. The van der Waals surface area contributed by atoms with E-state index >= 15 is 0 Å². The van der Waals surface area contributed by atoms with Crippen molar-refractivity contribution >= 4 is 35.2 Å². The molecule has 0 aromatic heterocycles. The zero-order chi connectivity index (χ0) is 18.0. The summed E-state index contributed by atoms with van der Waals surface area (Å²) in [5.74, 6) is -1.42. The van der Waals surface area contributed by atoms with Crippen LogP contribution in [0.4, 0.5) is 4.39 Å². The standard InChI is InChI=1S/C18H15ClFNO3S/c19-13-3-1-2-12(9-13)17-21(15(10-25-17)18(23)24)16(22)8-11-4-6-14(20)7-5-11/h1-7,9,15,17H,8,10H2,(H,23,24). The summed E-state index contributed by atoms with van der Waals surface area (Å²) in [7, 11) is 0. The number of aliphatic carboxylic acids is 1. The summed E-state index contributed by atoms with van der Waals surface area (Å²) in [4.78, 5) is 25.8.